The SMILES string of the molecule is COC(=O)Cc1cccc(NC(=O)[C@@H](C)Oc2ccc(-c3ccccc3)cc2)n1. The first-order valence-corrected chi connectivity index (χ1v) is 9.21. The Bertz CT molecular complexity index is 972. The minimum atomic E-state index is -0.719. The number of carbonyl (C=O) groups is 2. The highest BCUT2D eigenvalue weighted by Crippen LogP contribution is 2.22. The second-order valence-electron chi connectivity index (χ2n) is 6.41. The zero-order valence-corrected chi connectivity index (χ0v) is 16.3. The molecule has 6 nitrogen and oxygen atoms in total. The van der Waals surface area contributed by atoms with Gasteiger partial charge in [-0.3, -0.25) is 9.59 Å². The molecule has 1 heterocycles. The number of hydrogen-bond donors (Lipinski definition) is 1. The number of hydrogen-bond acceptors (Lipinski definition) is 5. The topological polar surface area (TPSA) is 77.5 Å². The molecule has 0 aliphatic heterocycles. The van der Waals surface area contributed by atoms with Gasteiger partial charge in [-0.25, -0.2) is 4.98 Å². The van der Waals surface area contributed by atoms with E-state index in [1.807, 2.05) is 54.6 Å². The molecule has 1 N–H and O–H groups in total. The molecule has 0 aliphatic rings. The Labute approximate surface area is 169 Å². The van der Waals surface area contributed by atoms with Crippen LogP contribution in [-0.4, -0.2) is 30.1 Å². The molecule has 0 saturated heterocycles. The van der Waals surface area contributed by atoms with E-state index in [2.05, 4.69) is 15.0 Å². The highest BCUT2D eigenvalue weighted by Gasteiger charge is 2.16. The number of esters is 1. The fraction of sp³-hybridized carbons (Fsp3) is 0.174. The first kappa shape index (κ1) is 20.1. The first-order chi connectivity index (χ1) is 14.0. The Morgan fingerprint density at radius 1 is 0.931 bits per heavy atom. The Morgan fingerprint density at radius 2 is 1.62 bits per heavy atom. The van der Waals surface area contributed by atoms with E-state index in [9.17, 15) is 9.59 Å². The molecule has 0 bridgehead atoms. The maximum absolute atomic E-state index is 12.4. The molecule has 6 heteroatoms. The molecule has 1 aromatic heterocycles. The summed E-state index contributed by atoms with van der Waals surface area (Å²) >= 11 is 0. The van der Waals surface area contributed by atoms with E-state index in [1.165, 1.54) is 7.11 Å². The molecule has 0 radical (unpaired) electrons. The highest BCUT2D eigenvalue weighted by atomic mass is 16.5. The molecule has 148 valence electrons. The maximum atomic E-state index is 12.4. The molecule has 1 atom stereocenters. The number of anilines is 1. The first-order valence-electron chi connectivity index (χ1n) is 9.21. The molecule has 2 aromatic carbocycles. The lowest BCUT2D eigenvalue weighted by molar-refractivity contribution is -0.139. The standard InChI is InChI=1S/C23H22N2O4/c1-16(23(27)25-21-10-6-9-19(24-21)15-22(26)28-2)29-20-13-11-18(12-14-20)17-7-4-3-5-8-17/h3-14,16H,15H2,1-2H3,(H,24,25,27)/t16-/m1/s1. The molecule has 0 spiro atoms. The third-order valence-electron chi connectivity index (χ3n) is 4.25. The van der Waals surface area contributed by atoms with E-state index in [0.29, 0.717) is 17.3 Å². The smallest absolute Gasteiger partial charge is 0.311 e. The molecule has 3 aromatic rings. The van der Waals surface area contributed by atoms with E-state index in [0.717, 1.165) is 11.1 Å². The average Bonchev–Trinajstić information content (AvgIpc) is 2.75. The van der Waals surface area contributed by atoms with Crippen LogP contribution in [0.1, 0.15) is 12.6 Å². The van der Waals surface area contributed by atoms with Crippen molar-refractivity contribution in [2.24, 2.45) is 0 Å². The molecular weight excluding hydrogens is 368 g/mol. The number of pyridine rings is 1. The normalized spacial score (nSPS) is 11.4. The third-order valence-corrected chi connectivity index (χ3v) is 4.25. The Morgan fingerprint density at radius 3 is 2.31 bits per heavy atom. The highest BCUT2D eigenvalue weighted by molar-refractivity contribution is 5.93. The van der Waals surface area contributed by atoms with Gasteiger partial charge in [-0.1, -0.05) is 48.5 Å². The molecule has 0 unspecified atom stereocenters. The van der Waals surface area contributed by atoms with Crippen molar-refractivity contribution in [1.82, 2.24) is 4.98 Å². The predicted molar refractivity (Wildman–Crippen MR) is 111 cm³/mol. The van der Waals surface area contributed by atoms with E-state index in [1.54, 1.807) is 25.1 Å². The van der Waals surface area contributed by atoms with Crippen LogP contribution >= 0.6 is 0 Å². The second-order valence-corrected chi connectivity index (χ2v) is 6.41. The number of methoxy groups -OCH3 is 1. The van der Waals surface area contributed by atoms with Gasteiger partial charge < -0.3 is 14.8 Å². The minimum Gasteiger partial charge on any atom is -0.481 e. The fourth-order valence-electron chi connectivity index (χ4n) is 2.71. The second kappa shape index (κ2) is 9.50. The van der Waals surface area contributed by atoms with Crippen LogP contribution in [0.5, 0.6) is 5.75 Å². The summed E-state index contributed by atoms with van der Waals surface area (Å²) in [6, 6.07) is 22.7. The molecule has 0 fully saturated rings. The summed E-state index contributed by atoms with van der Waals surface area (Å²) in [6.45, 7) is 1.67. The van der Waals surface area contributed by atoms with Crippen LogP contribution < -0.4 is 10.1 Å². The van der Waals surface area contributed by atoms with Gasteiger partial charge >= 0.3 is 5.97 Å². The predicted octanol–water partition coefficient (Wildman–Crippen LogP) is 3.87. The Kier molecular flexibility index (Phi) is 6.58. The number of carbonyl (C=O) groups excluding carboxylic acids is 2. The van der Waals surface area contributed by atoms with Crippen molar-refractivity contribution in [1.29, 1.82) is 0 Å². The van der Waals surface area contributed by atoms with Crippen molar-refractivity contribution < 1.29 is 19.1 Å². The van der Waals surface area contributed by atoms with Crippen LogP contribution in [0.3, 0.4) is 0 Å². The summed E-state index contributed by atoms with van der Waals surface area (Å²) in [5.74, 6) is 0.225. The Hall–Kier alpha value is -3.67. The van der Waals surface area contributed by atoms with Crippen LogP contribution in [0.4, 0.5) is 5.82 Å². The minimum absolute atomic E-state index is 0.0417. The van der Waals surface area contributed by atoms with Crippen LogP contribution in [0.2, 0.25) is 0 Å². The van der Waals surface area contributed by atoms with Gasteiger partial charge in [0.1, 0.15) is 11.6 Å². The van der Waals surface area contributed by atoms with Crippen molar-refractivity contribution in [2.75, 3.05) is 12.4 Å². The summed E-state index contributed by atoms with van der Waals surface area (Å²) in [6.07, 6.45) is -0.677. The van der Waals surface area contributed by atoms with E-state index in [-0.39, 0.29) is 12.3 Å². The summed E-state index contributed by atoms with van der Waals surface area (Å²) in [7, 11) is 1.32. The maximum Gasteiger partial charge on any atom is 0.311 e. The molecular formula is C23H22N2O4. The summed E-state index contributed by atoms with van der Waals surface area (Å²) in [4.78, 5) is 28.0. The number of rotatable bonds is 7. The van der Waals surface area contributed by atoms with Crippen molar-refractivity contribution >= 4 is 17.7 Å². The van der Waals surface area contributed by atoms with Gasteiger partial charge in [0.2, 0.25) is 0 Å². The van der Waals surface area contributed by atoms with Crippen molar-refractivity contribution in [3.63, 3.8) is 0 Å². The van der Waals surface area contributed by atoms with Crippen molar-refractivity contribution in [3.8, 4) is 16.9 Å². The summed E-state index contributed by atoms with van der Waals surface area (Å²) < 4.78 is 10.4. The lowest BCUT2D eigenvalue weighted by Gasteiger charge is -2.15. The monoisotopic (exact) mass is 390 g/mol. The number of nitrogens with zero attached hydrogens (tertiary/aromatic N) is 1. The van der Waals surface area contributed by atoms with Crippen molar-refractivity contribution in [3.05, 3.63) is 78.5 Å². The number of aromatic nitrogens is 1. The van der Waals surface area contributed by atoms with E-state index >= 15 is 0 Å². The van der Waals surface area contributed by atoms with Crippen LogP contribution in [0.25, 0.3) is 11.1 Å². The largest absolute Gasteiger partial charge is 0.481 e. The third kappa shape index (κ3) is 5.65. The molecule has 3 rings (SSSR count). The number of nitrogens with one attached hydrogen (secondary N) is 1. The molecule has 0 aliphatic carbocycles. The van der Waals surface area contributed by atoms with Crippen LogP contribution in [-0.2, 0) is 20.7 Å². The average molecular weight is 390 g/mol. The van der Waals surface area contributed by atoms with Gasteiger partial charge in [0.15, 0.2) is 6.10 Å². The van der Waals surface area contributed by atoms with Gasteiger partial charge in [-0.05, 0) is 42.3 Å². The van der Waals surface area contributed by atoms with Gasteiger partial charge in [0, 0.05) is 0 Å². The molecule has 1 amide bonds. The van der Waals surface area contributed by atoms with Crippen LogP contribution in [0.15, 0.2) is 72.8 Å². The van der Waals surface area contributed by atoms with Gasteiger partial charge in [0.05, 0.1) is 19.2 Å². The fourth-order valence-corrected chi connectivity index (χ4v) is 2.71. The van der Waals surface area contributed by atoms with E-state index in [4.69, 9.17) is 4.74 Å². The van der Waals surface area contributed by atoms with Crippen molar-refractivity contribution in [2.45, 2.75) is 19.4 Å². The van der Waals surface area contributed by atoms with Gasteiger partial charge in [-0.2, -0.15) is 0 Å². The van der Waals surface area contributed by atoms with E-state index < -0.39 is 12.1 Å². The quantitative estimate of drug-likeness (QED) is 0.620. The zero-order chi connectivity index (χ0) is 20.6. The molecule has 0 saturated carbocycles. The lowest BCUT2D eigenvalue weighted by Crippen LogP contribution is -2.30. The Balaban J connectivity index is 1.59. The van der Waals surface area contributed by atoms with Gasteiger partial charge in [0.25, 0.3) is 5.91 Å². The number of amides is 1. The number of ether oxygens (including phenoxy) is 2. The number of benzene rings is 2. The summed E-state index contributed by atoms with van der Waals surface area (Å²) in [5, 5.41) is 2.70. The van der Waals surface area contributed by atoms with Gasteiger partial charge in [-0.15, -0.1) is 0 Å². The lowest BCUT2D eigenvalue weighted by atomic mass is 10.1. The zero-order valence-electron chi connectivity index (χ0n) is 16.3. The molecule has 29 heavy (non-hydrogen) atoms. The summed E-state index contributed by atoms with van der Waals surface area (Å²) in [5.41, 5.74) is 2.70. The van der Waals surface area contributed by atoms with Crippen LogP contribution in [0, 0.1) is 0 Å².